The minimum Gasteiger partial charge on any atom is -0.326 e. The Morgan fingerprint density at radius 1 is 1.11 bits per heavy atom. The molecule has 1 fully saturated rings. The van der Waals surface area contributed by atoms with Gasteiger partial charge in [0.25, 0.3) is 0 Å². The zero-order valence-corrected chi connectivity index (χ0v) is 17.5. The van der Waals surface area contributed by atoms with E-state index in [1.54, 1.807) is 24.3 Å². The Balaban J connectivity index is 1.63. The summed E-state index contributed by atoms with van der Waals surface area (Å²) in [5.41, 5.74) is 2.63. The number of hydrogen-bond donors (Lipinski definition) is 1. The van der Waals surface area contributed by atoms with Gasteiger partial charge >= 0.3 is 0 Å². The van der Waals surface area contributed by atoms with Crippen molar-refractivity contribution < 1.29 is 13.2 Å². The van der Waals surface area contributed by atoms with Crippen molar-refractivity contribution in [3.63, 3.8) is 0 Å². The quantitative estimate of drug-likeness (QED) is 0.765. The molecule has 7 heteroatoms. The molecule has 0 bridgehead atoms. The molecule has 3 rings (SSSR count). The van der Waals surface area contributed by atoms with Gasteiger partial charge in [-0.1, -0.05) is 42.8 Å². The van der Waals surface area contributed by atoms with E-state index < -0.39 is 10.0 Å². The average Bonchev–Trinajstić information content (AvgIpc) is 2.70. The molecular weight excluding hydrogens is 396 g/mol. The predicted molar refractivity (Wildman–Crippen MR) is 113 cm³/mol. The van der Waals surface area contributed by atoms with Crippen molar-refractivity contribution in [3.8, 4) is 0 Å². The van der Waals surface area contributed by atoms with Crippen LogP contribution in [0, 0.1) is 5.92 Å². The summed E-state index contributed by atoms with van der Waals surface area (Å²) in [5, 5.41) is 3.49. The number of halogens is 1. The monoisotopic (exact) mass is 420 g/mol. The lowest BCUT2D eigenvalue weighted by atomic mass is 9.98. The van der Waals surface area contributed by atoms with Crippen molar-refractivity contribution in [3.05, 3.63) is 64.7 Å². The van der Waals surface area contributed by atoms with Gasteiger partial charge in [0.2, 0.25) is 15.9 Å². The maximum atomic E-state index is 12.8. The molecule has 5 nitrogen and oxygen atoms in total. The van der Waals surface area contributed by atoms with Crippen LogP contribution >= 0.6 is 11.6 Å². The summed E-state index contributed by atoms with van der Waals surface area (Å²) in [7, 11) is -3.49. The smallest absolute Gasteiger partial charge is 0.228 e. The van der Waals surface area contributed by atoms with E-state index >= 15 is 0 Å². The molecule has 1 saturated heterocycles. The Kier molecular flexibility index (Phi) is 6.75. The average molecular weight is 421 g/mol. The third-order valence-corrected chi connectivity index (χ3v) is 7.11. The lowest BCUT2D eigenvalue weighted by Gasteiger charge is -2.31. The largest absolute Gasteiger partial charge is 0.326 e. The van der Waals surface area contributed by atoms with E-state index in [0.29, 0.717) is 30.0 Å². The van der Waals surface area contributed by atoms with Crippen LogP contribution in [-0.4, -0.2) is 31.7 Å². The Morgan fingerprint density at radius 3 is 2.39 bits per heavy atom. The van der Waals surface area contributed by atoms with E-state index in [9.17, 15) is 13.2 Å². The van der Waals surface area contributed by atoms with Gasteiger partial charge in [0.15, 0.2) is 0 Å². The van der Waals surface area contributed by atoms with Gasteiger partial charge in [-0.05, 0) is 54.7 Å². The van der Waals surface area contributed by atoms with Crippen LogP contribution in [0.2, 0.25) is 5.02 Å². The summed E-state index contributed by atoms with van der Waals surface area (Å²) in [4.78, 5) is 12.6. The maximum absolute atomic E-state index is 12.8. The minimum absolute atomic E-state index is 0.0863. The number of hydrogen-bond acceptors (Lipinski definition) is 3. The molecule has 150 valence electrons. The summed E-state index contributed by atoms with van der Waals surface area (Å²) >= 11 is 5.86. The Labute approximate surface area is 171 Å². The van der Waals surface area contributed by atoms with Gasteiger partial charge in [0.05, 0.1) is 11.7 Å². The van der Waals surface area contributed by atoms with E-state index in [0.717, 1.165) is 12.1 Å². The van der Waals surface area contributed by atoms with Crippen molar-refractivity contribution in [2.75, 3.05) is 18.4 Å². The highest BCUT2D eigenvalue weighted by molar-refractivity contribution is 7.88. The van der Waals surface area contributed by atoms with Crippen LogP contribution in [-0.2, 0) is 27.0 Å². The molecule has 2 aromatic carbocycles. The highest BCUT2D eigenvalue weighted by Gasteiger charge is 2.32. The van der Waals surface area contributed by atoms with Gasteiger partial charge in [-0.25, -0.2) is 12.7 Å². The van der Waals surface area contributed by atoms with E-state index in [2.05, 4.69) is 12.2 Å². The lowest BCUT2D eigenvalue weighted by Crippen LogP contribution is -2.44. The normalized spacial score (nSPS) is 18.0. The Hall–Kier alpha value is -1.89. The van der Waals surface area contributed by atoms with E-state index in [-0.39, 0.29) is 24.1 Å². The van der Waals surface area contributed by atoms with Crippen LogP contribution in [0.3, 0.4) is 0 Å². The zero-order chi connectivity index (χ0) is 20.1. The Morgan fingerprint density at radius 2 is 1.75 bits per heavy atom. The molecule has 0 spiro atoms. The van der Waals surface area contributed by atoms with Crippen LogP contribution in [0.1, 0.15) is 30.9 Å². The van der Waals surface area contributed by atoms with E-state index in [4.69, 9.17) is 11.6 Å². The number of amides is 1. The van der Waals surface area contributed by atoms with Gasteiger partial charge in [0.1, 0.15) is 0 Å². The fourth-order valence-electron chi connectivity index (χ4n) is 3.36. The molecule has 0 aromatic heterocycles. The van der Waals surface area contributed by atoms with Gasteiger partial charge < -0.3 is 5.32 Å². The molecular formula is C21H25ClN2O3S. The molecule has 0 radical (unpaired) electrons. The van der Waals surface area contributed by atoms with Gasteiger partial charge in [-0.15, -0.1) is 0 Å². The van der Waals surface area contributed by atoms with Crippen LogP contribution in [0.4, 0.5) is 5.69 Å². The van der Waals surface area contributed by atoms with Crippen LogP contribution in [0.25, 0.3) is 0 Å². The molecule has 1 aliphatic heterocycles. The summed E-state index contributed by atoms with van der Waals surface area (Å²) in [6, 6.07) is 14.5. The third kappa shape index (κ3) is 5.34. The number of sulfonamides is 1. The standard InChI is InChI=1S/C21H25ClN2O3S/c1-2-16-7-11-20(12-8-16)23-21(25)18-4-3-13-24(14-18)28(26,27)15-17-5-9-19(22)10-6-17/h5-12,18H,2-4,13-15H2,1H3,(H,23,25)/t18-/m1/s1. The van der Waals surface area contributed by atoms with Crippen molar-refractivity contribution in [1.29, 1.82) is 0 Å². The second-order valence-corrected chi connectivity index (χ2v) is 9.52. The number of benzene rings is 2. The summed E-state index contributed by atoms with van der Waals surface area (Å²) < 4.78 is 27.0. The topological polar surface area (TPSA) is 66.5 Å². The zero-order valence-electron chi connectivity index (χ0n) is 15.9. The molecule has 1 N–H and O–H groups in total. The van der Waals surface area contributed by atoms with Crippen LogP contribution < -0.4 is 5.32 Å². The molecule has 1 atom stereocenters. The first-order valence-electron chi connectivity index (χ1n) is 9.49. The first kappa shape index (κ1) is 20.8. The first-order chi connectivity index (χ1) is 13.4. The number of carbonyl (C=O) groups excluding carboxylic acids is 1. The molecule has 1 amide bonds. The number of nitrogens with zero attached hydrogens (tertiary/aromatic N) is 1. The number of piperidine rings is 1. The van der Waals surface area contributed by atoms with Crippen molar-refractivity contribution in [1.82, 2.24) is 4.31 Å². The number of aryl methyl sites for hydroxylation is 1. The molecule has 1 aliphatic rings. The predicted octanol–water partition coefficient (Wildman–Crippen LogP) is 4.08. The highest BCUT2D eigenvalue weighted by atomic mass is 35.5. The van der Waals surface area contributed by atoms with E-state index in [1.807, 2.05) is 24.3 Å². The fourth-order valence-corrected chi connectivity index (χ4v) is 5.10. The second-order valence-electron chi connectivity index (χ2n) is 7.12. The summed E-state index contributed by atoms with van der Waals surface area (Å²) in [6.07, 6.45) is 2.30. The molecule has 0 unspecified atom stereocenters. The van der Waals surface area contributed by atoms with Crippen molar-refractivity contribution in [2.24, 2.45) is 5.92 Å². The third-order valence-electron chi connectivity index (χ3n) is 5.04. The van der Waals surface area contributed by atoms with Crippen molar-refractivity contribution >= 4 is 33.2 Å². The van der Waals surface area contributed by atoms with Crippen LogP contribution in [0.15, 0.2) is 48.5 Å². The van der Waals surface area contributed by atoms with Gasteiger partial charge in [-0.2, -0.15) is 0 Å². The van der Waals surface area contributed by atoms with Crippen LogP contribution in [0.5, 0.6) is 0 Å². The highest BCUT2D eigenvalue weighted by Crippen LogP contribution is 2.23. The molecule has 0 aliphatic carbocycles. The van der Waals surface area contributed by atoms with Crippen molar-refractivity contribution in [2.45, 2.75) is 31.9 Å². The number of nitrogens with one attached hydrogen (secondary N) is 1. The number of anilines is 1. The maximum Gasteiger partial charge on any atom is 0.228 e. The second kappa shape index (κ2) is 9.07. The minimum atomic E-state index is -3.49. The fraction of sp³-hybridized carbons (Fsp3) is 0.381. The van der Waals surface area contributed by atoms with E-state index in [1.165, 1.54) is 9.87 Å². The lowest BCUT2D eigenvalue weighted by molar-refractivity contribution is -0.120. The summed E-state index contributed by atoms with van der Waals surface area (Å²) in [5.74, 6) is -0.563. The summed E-state index contributed by atoms with van der Waals surface area (Å²) in [6.45, 7) is 2.74. The first-order valence-corrected chi connectivity index (χ1v) is 11.5. The molecule has 0 saturated carbocycles. The van der Waals surface area contributed by atoms with Gasteiger partial charge in [-0.3, -0.25) is 4.79 Å². The number of carbonyl (C=O) groups is 1. The molecule has 28 heavy (non-hydrogen) atoms. The molecule has 1 heterocycles. The molecule has 2 aromatic rings. The SMILES string of the molecule is CCc1ccc(NC(=O)[C@@H]2CCCN(S(=O)(=O)Cc3ccc(Cl)cc3)C2)cc1. The number of rotatable bonds is 6. The van der Waals surface area contributed by atoms with Gasteiger partial charge in [0, 0.05) is 23.8 Å². The Bertz CT molecular complexity index is 912.